The lowest BCUT2D eigenvalue weighted by atomic mass is 9.49. The molecule has 0 spiro atoms. The van der Waals surface area contributed by atoms with Gasteiger partial charge in [-0.05, 0) is 61.3 Å². The maximum absolute atomic E-state index is 13.5. The second-order valence-corrected chi connectivity index (χ2v) is 10.8. The highest BCUT2D eigenvalue weighted by atomic mass is 19.1. The number of rotatable bonds is 9. The minimum atomic E-state index is -0.450. The third-order valence-corrected chi connectivity index (χ3v) is 8.37. The maximum atomic E-state index is 13.5. The number of piperazine rings is 1. The van der Waals surface area contributed by atoms with Crippen molar-refractivity contribution in [1.82, 2.24) is 20.0 Å². The van der Waals surface area contributed by atoms with E-state index in [1.165, 1.54) is 24.1 Å². The van der Waals surface area contributed by atoms with Crippen molar-refractivity contribution in [3.63, 3.8) is 0 Å². The lowest BCUT2D eigenvalue weighted by Crippen LogP contribution is -2.54. The van der Waals surface area contributed by atoms with Crippen LogP contribution in [-0.2, 0) is 9.53 Å². The summed E-state index contributed by atoms with van der Waals surface area (Å²) in [7, 11) is 0. The summed E-state index contributed by atoms with van der Waals surface area (Å²) in [5.41, 5.74) is 2.11. The summed E-state index contributed by atoms with van der Waals surface area (Å²) >= 11 is 0. The molecule has 1 saturated carbocycles. The van der Waals surface area contributed by atoms with Crippen LogP contribution in [0.3, 0.4) is 0 Å². The van der Waals surface area contributed by atoms with Crippen molar-refractivity contribution >= 4 is 17.9 Å². The van der Waals surface area contributed by atoms with Crippen LogP contribution in [0.25, 0.3) is 0 Å². The third-order valence-electron chi connectivity index (χ3n) is 8.37. The summed E-state index contributed by atoms with van der Waals surface area (Å²) in [6, 6.07) is 5.49. The molecule has 9 heteroatoms. The molecule has 5 rings (SSSR count). The zero-order valence-corrected chi connectivity index (χ0v) is 22.2. The van der Waals surface area contributed by atoms with Gasteiger partial charge in [-0.3, -0.25) is 14.5 Å². The van der Waals surface area contributed by atoms with Crippen LogP contribution < -0.4 is 5.32 Å². The van der Waals surface area contributed by atoms with Gasteiger partial charge in [-0.25, -0.2) is 9.18 Å². The molecular formula is C28H39FN4O4. The number of fused-ring (bicyclic) bond motifs is 1. The number of ether oxygens (including phenoxy) is 1. The van der Waals surface area contributed by atoms with E-state index in [1.807, 2.05) is 4.90 Å². The van der Waals surface area contributed by atoms with Crippen molar-refractivity contribution in [3.05, 3.63) is 47.3 Å². The number of carbonyl (C=O) groups excluding carboxylic acids is 3. The summed E-state index contributed by atoms with van der Waals surface area (Å²) in [6.07, 6.45) is 4.58. The number of allylic oxidation sites excluding steroid dienone is 1. The molecule has 4 aliphatic rings. The number of benzene rings is 1. The van der Waals surface area contributed by atoms with Gasteiger partial charge in [0.15, 0.2) is 0 Å². The largest absolute Gasteiger partial charge is 0.465 e. The summed E-state index contributed by atoms with van der Waals surface area (Å²) in [5, 5.41) is 2.61. The van der Waals surface area contributed by atoms with Crippen LogP contribution in [0.5, 0.6) is 0 Å². The van der Waals surface area contributed by atoms with E-state index in [4.69, 9.17) is 4.74 Å². The number of esters is 1. The summed E-state index contributed by atoms with van der Waals surface area (Å²) in [5.74, 6) is 0.343. The lowest BCUT2D eigenvalue weighted by molar-refractivity contribution is -0.141. The fourth-order valence-corrected chi connectivity index (χ4v) is 5.81. The van der Waals surface area contributed by atoms with E-state index in [9.17, 15) is 18.8 Å². The molecule has 1 saturated heterocycles. The molecule has 3 amide bonds. The number of hydrogen-bond donors (Lipinski definition) is 1. The molecule has 1 aromatic carbocycles. The normalized spacial score (nSPS) is 22.5. The molecule has 1 aromatic rings. The Hall–Kier alpha value is -2.94. The first-order valence-electron chi connectivity index (χ1n) is 13.3. The number of urea groups is 1. The van der Waals surface area contributed by atoms with Crippen molar-refractivity contribution < 1.29 is 23.5 Å². The zero-order chi connectivity index (χ0) is 26.6. The number of halogens is 1. The molecule has 8 nitrogen and oxygen atoms in total. The van der Waals surface area contributed by atoms with Crippen LogP contribution in [0.1, 0.15) is 44.0 Å². The Morgan fingerprint density at radius 1 is 1.14 bits per heavy atom. The first-order valence-corrected chi connectivity index (χ1v) is 13.3. The van der Waals surface area contributed by atoms with E-state index < -0.39 is 5.97 Å². The van der Waals surface area contributed by atoms with Gasteiger partial charge in [0.2, 0.25) is 0 Å². The molecule has 2 atom stereocenters. The Balaban J connectivity index is 1.33. The molecule has 1 heterocycles. The molecule has 2 fully saturated rings. The minimum absolute atomic E-state index is 0.0860. The van der Waals surface area contributed by atoms with Gasteiger partial charge < -0.3 is 19.9 Å². The molecule has 0 aromatic heterocycles. The van der Waals surface area contributed by atoms with E-state index >= 15 is 0 Å². The van der Waals surface area contributed by atoms with Gasteiger partial charge in [-0.15, -0.1) is 0 Å². The predicted octanol–water partition coefficient (Wildman–Crippen LogP) is 3.15. The number of nitrogens with one attached hydrogen (secondary N) is 1. The van der Waals surface area contributed by atoms with Crippen molar-refractivity contribution in [1.29, 1.82) is 0 Å². The van der Waals surface area contributed by atoms with Crippen molar-refractivity contribution in [2.24, 2.45) is 17.3 Å². The van der Waals surface area contributed by atoms with E-state index in [1.54, 1.807) is 24.0 Å². The van der Waals surface area contributed by atoms with Crippen molar-refractivity contribution in [3.8, 4) is 0 Å². The average Bonchev–Trinajstić information content (AvgIpc) is 2.90. The van der Waals surface area contributed by atoms with E-state index in [2.05, 4.69) is 30.1 Å². The van der Waals surface area contributed by atoms with Gasteiger partial charge >= 0.3 is 12.0 Å². The first kappa shape index (κ1) is 27.1. The SMILES string of the molecule is CCOC(=O)CNC(=O)N1CCN(CCN(CC2=CCC3CC2C3(C)C)C(=O)c2ccc(F)cc2)CC1. The van der Waals surface area contributed by atoms with E-state index in [0.717, 1.165) is 12.3 Å². The number of hydrogen-bond acceptors (Lipinski definition) is 5. The maximum Gasteiger partial charge on any atom is 0.325 e. The standard InChI is InChI=1S/C28H39FN4O4/c1-4-37-25(34)18-30-27(36)32-14-11-31(12-15-32)13-16-33(26(35)20-6-9-23(29)10-7-20)19-21-5-8-22-17-24(21)28(22,2)3/h5-7,9-10,22,24H,4,8,11-19H2,1-3H3,(H,30,36). The van der Waals surface area contributed by atoms with E-state index in [0.29, 0.717) is 57.3 Å². The van der Waals surface area contributed by atoms with Gasteiger partial charge in [0.25, 0.3) is 5.91 Å². The predicted molar refractivity (Wildman–Crippen MR) is 138 cm³/mol. The topological polar surface area (TPSA) is 82.2 Å². The molecule has 1 N–H and O–H groups in total. The number of nitrogens with zero attached hydrogens (tertiary/aromatic N) is 3. The smallest absolute Gasteiger partial charge is 0.325 e. The number of carbonyl (C=O) groups is 3. The highest BCUT2D eigenvalue weighted by Gasteiger charge is 2.51. The molecule has 37 heavy (non-hydrogen) atoms. The van der Waals surface area contributed by atoms with Crippen LogP contribution in [0, 0.1) is 23.1 Å². The Morgan fingerprint density at radius 3 is 2.46 bits per heavy atom. The quantitative estimate of drug-likeness (QED) is 0.405. The van der Waals surface area contributed by atoms with Gasteiger partial charge in [-0.1, -0.05) is 25.5 Å². The van der Waals surface area contributed by atoms with E-state index in [-0.39, 0.29) is 36.3 Å². The second-order valence-electron chi connectivity index (χ2n) is 10.8. The zero-order valence-electron chi connectivity index (χ0n) is 22.2. The molecule has 1 aliphatic heterocycles. The molecule has 202 valence electrons. The molecule has 2 unspecified atom stereocenters. The van der Waals surface area contributed by atoms with Gasteiger partial charge in [-0.2, -0.15) is 0 Å². The van der Waals surface area contributed by atoms with Crippen LogP contribution in [0.4, 0.5) is 9.18 Å². The Bertz CT molecular complexity index is 1020. The second kappa shape index (κ2) is 11.6. The van der Waals surface area contributed by atoms with Crippen molar-refractivity contribution in [2.45, 2.75) is 33.6 Å². The van der Waals surface area contributed by atoms with Crippen LogP contribution in [0.2, 0.25) is 0 Å². The minimum Gasteiger partial charge on any atom is -0.465 e. The summed E-state index contributed by atoms with van der Waals surface area (Å²) in [4.78, 5) is 43.1. The molecular weight excluding hydrogens is 475 g/mol. The summed E-state index contributed by atoms with van der Waals surface area (Å²) in [6.45, 7) is 10.8. The van der Waals surface area contributed by atoms with Crippen LogP contribution in [-0.4, -0.2) is 91.6 Å². The fraction of sp³-hybridized carbons (Fsp3) is 0.607. The monoisotopic (exact) mass is 514 g/mol. The Kier molecular flexibility index (Phi) is 8.52. The molecule has 2 bridgehead atoms. The first-order chi connectivity index (χ1) is 17.7. The third kappa shape index (κ3) is 6.32. The van der Waals surface area contributed by atoms with Crippen LogP contribution in [0.15, 0.2) is 35.9 Å². The average molecular weight is 515 g/mol. The van der Waals surface area contributed by atoms with Gasteiger partial charge in [0.05, 0.1) is 6.61 Å². The van der Waals surface area contributed by atoms with Crippen molar-refractivity contribution in [2.75, 3.05) is 59.0 Å². The molecule has 3 aliphatic carbocycles. The Morgan fingerprint density at radius 2 is 1.84 bits per heavy atom. The van der Waals surface area contributed by atoms with Gasteiger partial charge in [0, 0.05) is 51.4 Å². The van der Waals surface area contributed by atoms with Crippen LogP contribution >= 0.6 is 0 Å². The van der Waals surface area contributed by atoms with Gasteiger partial charge in [0.1, 0.15) is 12.4 Å². The number of amides is 3. The highest BCUT2D eigenvalue weighted by Crippen LogP contribution is 2.59. The lowest BCUT2D eigenvalue weighted by Gasteiger charge is -2.57. The Labute approximate surface area is 218 Å². The fourth-order valence-electron chi connectivity index (χ4n) is 5.81. The highest BCUT2D eigenvalue weighted by molar-refractivity contribution is 5.94. The summed E-state index contributed by atoms with van der Waals surface area (Å²) < 4.78 is 18.3. The molecule has 0 radical (unpaired) electrons.